The third kappa shape index (κ3) is 5.92. The van der Waals surface area contributed by atoms with E-state index in [-0.39, 0.29) is 42.4 Å². The highest BCUT2D eigenvalue weighted by Gasteiger charge is 2.33. The van der Waals surface area contributed by atoms with E-state index in [1.54, 1.807) is 15.9 Å². The first-order valence-electron chi connectivity index (χ1n) is 11.2. The summed E-state index contributed by atoms with van der Waals surface area (Å²) < 4.78 is 40.9. The van der Waals surface area contributed by atoms with E-state index < -0.39 is 24.3 Å². The van der Waals surface area contributed by atoms with Crippen LogP contribution in [0.4, 0.5) is 24.8 Å². The Morgan fingerprint density at radius 1 is 1.26 bits per heavy atom. The SMILES string of the molecule is NC(=O)CN1CC[C@H](CNc2ncnc(N(Cc3ccc(C(F)F)nc3)C3CC3)c2F)[C@@H](O)C1. The normalized spacial score (nSPS) is 21.0. The van der Waals surface area contributed by atoms with Crippen molar-refractivity contribution in [1.82, 2.24) is 19.9 Å². The maximum atomic E-state index is 15.4. The number of anilines is 2. The molecule has 4 N–H and O–H groups in total. The summed E-state index contributed by atoms with van der Waals surface area (Å²) >= 11 is 0. The molecule has 0 bridgehead atoms. The zero-order chi connectivity index (χ0) is 24.2. The van der Waals surface area contributed by atoms with E-state index in [1.165, 1.54) is 18.6 Å². The highest BCUT2D eigenvalue weighted by molar-refractivity contribution is 5.75. The molecule has 0 spiro atoms. The van der Waals surface area contributed by atoms with Gasteiger partial charge in [0.25, 0.3) is 6.43 Å². The summed E-state index contributed by atoms with van der Waals surface area (Å²) in [6.07, 6.45) is 1.71. The van der Waals surface area contributed by atoms with Crippen molar-refractivity contribution >= 4 is 17.5 Å². The molecule has 9 nitrogen and oxygen atoms in total. The molecule has 2 aromatic rings. The molecule has 12 heteroatoms. The first-order chi connectivity index (χ1) is 16.3. The minimum absolute atomic E-state index is 0.0357. The lowest BCUT2D eigenvalue weighted by molar-refractivity contribution is -0.120. The molecule has 1 aliphatic heterocycles. The third-order valence-electron chi connectivity index (χ3n) is 6.17. The lowest BCUT2D eigenvalue weighted by Gasteiger charge is -2.35. The summed E-state index contributed by atoms with van der Waals surface area (Å²) in [6, 6.07) is 2.94. The van der Waals surface area contributed by atoms with Crippen LogP contribution in [0.15, 0.2) is 24.7 Å². The molecule has 34 heavy (non-hydrogen) atoms. The standard InChI is InChI=1S/C22H28F3N7O2/c23-19-21(28-8-14-5-6-31(10-17(14)33)11-18(26)34)29-12-30-22(19)32(15-2-3-15)9-13-1-4-16(20(24)25)27-7-13/h1,4,7,12,14-15,17,20,33H,2-3,5-6,8-11H2,(H2,26,34)(H,28,29,30)/t14-,17+/m1/s1. The van der Waals surface area contributed by atoms with Crippen LogP contribution in [0.3, 0.4) is 0 Å². The Kier molecular flexibility index (Phi) is 7.47. The smallest absolute Gasteiger partial charge is 0.280 e. The van der Waals surface area contributed by atoms with Gasteiger partial charge in [-0.25, -0.2) is 18.7 Å². The van der Waals surface area contributed by atoms with E-state index in [0.29, 0.717) is 31.6 Å². The summed E-state index contributed by atoms with van der Waals surface area (Å²) in [5.74, 6) is -1.02. The number of carbonyl (C=O) groups excluding carboxylic acids is 1. The van der Waals surface area contributed by atoms with Crippen LogP contribution in [0.1, 0.15) is 36.9 Å². The van der Waals surface area contributed by atoms with Crippen LogP contribution in [0, 0.1) is 11.7 Å². The van der Waals surface area contributed by atoms with Gasteiger partial charge >= 0.3 is 0 Å². The van der Waals surface area contributed by atoms with Crippen molar-refractivity contribution in [3.63, 3.8) is 0 Å². The minimum atomic E-state index is -2.64. The molecule has 3 heterocycles. The fourth-order valence-electron chi connectivity index (χ4n) is 4.18. The van der Waals surface area contributed by atoms with Crippen molar-refractivity contribution in [1.29, 1.82) is 0 Å². The van der Waals surface area contributed by atoms with Crippen LogP contribution in [-0.4, -0.2) is 69.2 Å². The van der Waals surface area contributed by atoms with Crippen molar-refractivity contribution in [2.45, 2.75) is 44.4 Å². The zero-order valence-corrected chi connectivity index (χ0v) is 18.6. The number of primary amides is 1. The van der Waals surface area contributed by atoms with Crippen LogP contribution in [0.5, 0.6) is 0 Å². The van der Waals surface area contributed by atoms with Crippen LogP contribution >= 0.6 is 0 Å². The van der Waals surface area contributed by atoms with Crippen molar-refractivity contribution in [3.8, 4) is 0 Å². The quantitative estimate of drug-likeness (QED) is 0.471. The zero-order valence-electron chi connectivity index (χ0n) is 18.6. The molecule has 1 amide bonds. The summed E-state index contributed by atoms with van der Waals surface area (Å²) in [5, 5.41) is 13.4. The van der Waals surface area contributed by atoms with Crippen molar-refractivity contribution in [3.05, 3.63) is 41.7 Å². The molecule has 184 valence electrons. The Morgan fingerprint density at radius 3 is 2.68 bits per heavy atom. The van der Waals surface area contributed by atoms with E-state index in [1.807, 2.05) is 0 Å². The number of hydrogen-bond acceptors (Lipinski definition) is 8. The van der Waals surface area contributed by atoms with Gasteiger partial charge in [0, 0.05) is 37.8 Å². The average molecular weight is 480 g/mol. The second-order valence-electron chi connectivity index (χ2n) is 8.81. The molecule has 1 saturated carbocycles. The van der Waals surface area contributed by atoms with Gasteiger partial charge in [0.15, 0.2) is 11.6 Å². The number of carbonyl (C=O) groups is 1. The van der Waals surface area contributed by atoms with E-state index in [4.69, 9.17) is 5.73 Å². The lowest BCUT2D eigenvalue weighted by atomic mass is 9.93. The molecule has 4 rings (SSSR count). The number of halogens is 3. The number of pyridine rings is 1. The number of alkyl halides is 2. The molecule has 2 aliphatic rings. The maximum absolute atomic E-state index is 15.4. The van der Waals surface area contributed by atoms with Crippen molar-refractivity contribution in [2.24, 2.45) is 11.7 Å². The van der Waals surface area contributed by atoms with Gasteiger partial charge in [-0.05, 0) is 37.4 Å². The second-order valence-corrected chi connectivity index (χ2v) is 8.81. The molecule has 0 unspecified atom stereocenters. The maximum Gasteiger partial charge on any atom is 0.280 e. The van der Waals surface area contributed by atoms with Gasteiger partial charge in [0.2, 0.25) is 11.7 Å². The number of β-amino-alcohol motifs (C(OH)–C–C–N with tert-alkyl or cyclic N) is 1. The Hall–Kier alpha value is -2.99. The van der Waals surface area contributed by atoms with Gasteiger partial charge < -0.3 is 21.1 Å². The number of amides is 1. The number of aromatic nitrogens is 3. The highest BCUT2D eigenvalue weighted by Crippen LogP contribution is 2.34. The average Bonchev–Trinajstić information content (AvgIpc) is 3.63. The van der Waals surface area contributed by atoms with E-state index >= 15 is 4.39 Å². The van der Waals surface area contributed by atoms with Crippen LogP contribution in [-0.2, 0) is 11.3 Å². The van der Waals surface area contributed by atoms with Crippen LogP contribution in [0.25, 0.3) is 0 Å². The molecule has 2 atom stereocenters. The van der Waals surface area contributed by atoms with Crippen LogP contribution in [0.2, 0.25) is 0 Å². The van der Waals surface area contributed by atoms with Crippen molar-refractivity contribution in [2.75, 3.05) is 36.4 Å². The Bertz CT molecular complexity index is 991. The monoisotopic (exact) mass is 479 g/mol. The van der Waals surface area contributed by atoms with E-state index in [2.05, 4.69) is 20.3 Å². The number of rotatable bonds is 10. The number of nitrogens with two attached hydrogens (primary N) is 1. The number of aliphatic hydroxyl groups excluding tert-OH is 1. The Morgan fingerprint density at radius 2 is 2.06 bits per heavy atom. The van der Waals surface area contributed by atoms with Crippen molar-refractivity contribution < 1.29 is 23.1 Å². The van der Waals surface area contributed by atoms with E-state index in [0.717, 1.165) is 12.8 Å². The molecule has 0 aromatic carbocycles. The number of piperidine rings is 1. The molecule has 2 aromatic heterocycles. The second kappa shape index (κ2) is 10.5. The fraction of sp³-hybridized carbons (Fsp3) is 0.545. The van der Waals surface area contributed by atoms with Gasteiger partial charge in [-0.3, -0.25) is 14.7 Å². The Labute approximate surface area is 195 Å². The number of nitrogens with one attached hydrogen (secondary N) is 1. The minimum Gasteiger partial charge on any atom is -0.391 e. The summed E-state index contributed by atoms with van der Waals surface area (Å²) in [7, 11) is 0. The fourth-order valence-corrected chi connectivity index (χ4v) is 4.18. The summed E-state index contributed by atoms with van der Waals surface area (Å²) in [4.78, 5) is 26.7. The first kappa shape index (κ1) is 24.1. The van der Waals surface area contributed by atoms with Crippen LogP contribution < -0.4 is 16.0 Å². The topological polar surface area (TPSA) is 120 Å². The molecule has 1 aliphatic carbocycles. The van der Waals surface area contributed by atoms with Gasteiger partial charge in [-0.15, -0.1) is 0 Å². The molecule has 1 saturated heterocycles. The van der Waals surface area contributed by atoms with Gasteiger partial charge in [-0.2, -0.15) is 4.39 Å². The molecule has 2 fully saturated rings. The third-order valence-corrected chi connectivity index (χ3v) is 6.17. The summed E-state index contributed by atoms with van der Waals surface area (Å²) in [5.41, 5.74) is 5.59. The molecular formula is C22H28F3N7O2. The molecular weight excluding hydrogens is 451 g/mol. The number of aliphatic hydroxyl groups is 1. The predicted octanol–water partition coefficient (Wildman–Crippen LogP) is 1.70. The summed E-state index contributed by atoms with van der Waals surface area (Å²) in [6.45, 7) is 1.61. The van der Waals surface area contributed by atoms with Gasteiger partial charge in [-0.1, -0.05) is 6.07 Å². The van der Waals surface area contributed by atoms with Gasteiger partial charge in [0.1, 0.15) is 12.0 Å². The lowest BCUT2D eigenvalue weighted by Crippen LogP contribution is -2.48. The highest BCUT2D eigenvalue weighted by atomic mass is 19.3. The largest absolute Gasteiger partial charge is 0.391 e. The number of hydrogen-bond donors (Lipinski definition) is 3. The predicted molar refractivity (Wildman–Crippen MR) is 119 cm³/mol. The number of likely N-dealkylation sites (tertiary alicyclic amines) is 1. The molecule has 0 radical (unpaired) electrons. The Balaban J connectivity index is 1.41. The first-order valence-corrected chi connectivity index (χ1v) is 11.2. The van der Waals surface area contributed by atoms with Gasteiger partial charge in [0.05, 0.1) is 12.6 Å². The van der Waals surface area contributed by atoms with E-state index in [9.17, 15) is 18.7 Å². The number of nitrogens with zero attached hydrogens (tertiary/aromatic N) is 5.